The molecule has 1 aliphatic carbocycles. The zero-order valence-corrected chi connectivity index (χ0v) is 16.2. The Bertz CT molecular complexity index is 808. The predicted octanol–water partition coefficient (Wildman–Crippen LogP) is 2.99. The van der Waals surface area contributed by atoms with Crippen molar-refractivity contribution in [2.45, 2.75) is 63.5 Å². The smallest absolute Gasteiger partial charge is 0.251 e. The zero-order chi connectivity index (χ0) is 18.8. The quantitative estimate of drug-likeness (QED) is 0.871. The molecule has 27 heavy (non-hydrogen) atoms. The fraction of sp³-hybridized carbons (Fsp3) is 0.619. The topological polar surface area (TPSA) is 70.4 Å². The van der Waals surface area contributed by atoms with E-state index in [-0.39, 0.29) is 12.0 Å². The number of amides is 1. The van der Waals surface area contributed by atoms with Crippen LogP contribution in [0.15, 0.2) is 18.2 Å². The highest BCUT2D eigenvalue weighted by Gasteiger charge is 2.24. The van der Waals surface area contributed by atoms with Gasteiger partial charge in [0, 0.05) is 31.7 Å². The third kappa shape index (κ3) is 3.95. The molecule has 2 heterocycles. The number of benzene rings is 1. The first-order valence-corrected chi connectivity index (χ1v) is 10.3. The predicted molar refractivity (Wildman–Crippen MR) is 107 cm³/mol. The number of rotatable bonds is 3. The van der Waals surface area contributed by atoms with E-state index in [4.69, 9.17) is 4.98 Å². The van der Waals surface area contributed by atoms with E-state index in [1.807, 2.05) is 29.8 Å². The molecule has 1 aromatic heterocycles. The largest absolute Gasteiger partial charge is 0.391 e. The number of hydrogen-bond acceptors (Lipinski definition) is 4. The Morgan fingerprint density at radius 3 is 2.59 bits per heavy atom. The van der Waals surface area contributed by atoms with Crippen molar-refractivity contribution in [3.05, 3.63) is 23.8 Å². The van der Waals surface area contributed by atoms with Crippen LogP contribution in [-0.2, 0) is 7.05 Å². The average Bonchev–Trinajstić information content (AvgIpc) is 3.20. The maximum atomic E-state index is 12.8. The molecule has 1 aromatic carbocycles. The number of carbonyl (C=O) groups is 1. The molecule has 146 valence electrons. The number of hydrogen-bond donors (Lipinski definition) is 2. The number of fused-ring (bicyclic) bond motifs is 1. The molecular formula is C21H30N4O2. The van der Waals surface area contributed by atoms with E-state index >= 15 is 0 Å². The van der Waals surface area contributed by atoms with Gasteiger partial charge in [0.1, 0.15) is 0 Å². The molecule has 1 saturated heterocycles. The normalized spacial score (nSPS) is 22.0. The summed E-state index contributed by atoms with van der Waals surface area (Å²) in [6.07, 6.45) is 8.95. The molecule has 0 bridgehead atoms. The van der Waals surface area contributed by atoms with Gasteiger partial charge in [-0.3, -0.25) is 4.79 Å². The van der Waals surface area contributed by atoms with Crippen molar-refractivity contribution in [1.29, 1.82) is 0 Å². The molecule has 1 aliphatic heterocycles. The number of carbonyl (C=O) groups excluding carboxylic acids is 1. The highest BCUT2D eigenvalue weighted by atomic mass is 16.3. The summed E-state index contributed by atoms with van der Waals surface area (Å²) in [6, 6.07) is 6.05. The Hall–Kier alpha value is -2.08. The monoisotopic (exact) mass is 370 g/mol. The molecule has 2 fully saturated rings. The fourth-order valence-electron chi connectivity index (χ4n) is 4.40. The van der Waals surface area contributed by atoms with Gasteiger partial charge in [-0.15, -0.1) is 0 Å². The van der Waals surface area contributed by atoms with E-state index in [0.717, 1.165) is 42.8 Å². The lowest BCUT2D eigenvalue weighted by Gasteiger charge is -2.21. The zero-order valence-electron chi connectivity index (χ0n) is 16.2. The van der Waals surface area contributed by atoms with Gasteiger partial charge in [0.25, 0.3) is 5.91 Å². The first-order chi connectivity index (χ1) is 13.1. The SMILES string of the molecule is Cn1c(N2CC[C@H](O)C2)nc2cc(C(=O)NC3CCCCCCC3)ccc21. The Kier molecular flexibility index (Phi) is 5.34. The number of nitrogens with one attached hydrogen (secondary N) is 1. The van der Waals surface area contributed by atoms with Crippen molar-refractivity contribution in [2.24, 2.45) is 7.05 Å². The van der Waals surface area contributed by atoms with Gasteiger partial charge in [-0.25, -0.2) is 4.98 Å². The van der Waals surface area contributed by atoms with Crippen LogP contribution in [0.3, 0.4) is 0 Å². The summed E-state index contributed by atoms with van der Waals surface area (Å²) in [5.74, 6) is 0.866. The standard InChI is InChI=1S/C21H30N4O2/c1-24-19-10-9-15(20(27)22-16-7-5-3-2-4-6-8-16)13-18(19)23-21(24)25-12-11-17(26)14-25/h9-10,13,16-17,26H,2-8,11-12,14H2,1H3,(H,22,27)/t17-/m0/s1. The van der Waals surface area contributed by atoms with Crippen LogP contribution in [0.2, 0.25) is 0 Å². The number of aromatic nitrogens is 2. The van der Waals surface area contributed by atoms with Crippen molar-refractivity contribution in [3.63, 3.8) is 0 Å². The van der Waals surface area contributed by atoms with E-state index in [0.29, 0.717) is 18.2 Å². The lowest BCUT2D eigenvalue weighted by atomic mass is 9.96. The number of imidazole rings is 1. The lowest BCUT2D eigenvalue weighted by Crippen LogP contribution is -2.35. The number of nitrogens with zero attached hydrogens (tertiary/aromatic N) is 3. The molecule has 2 aliphatic rings. The summed E-state index contributed by atoms with van der Waals surface area (Å²) in [5.41, 5.74) is 2.52. The van der Waals surface area contributed by atoms with Gasteiger partial charge in [-0.1, -0.05) is 32.1 Å². The Morgan fingerprint density at radius 1 is 1.15 bits per heavy atom. The van der Waals surface area contributed by atoms with Crippen LogP contribution in [0.1, 0.15) is 61.7 Å². The third-order valence-corrected chi connectivity index (χ3v) is 6.01. The summed E-state index contributed by atoms with van der Waals surface area (Å²) in [5, 5.41) is 13.0. The van der Waals surface area contributed by atoms with E-state index in [9.17, 15) is 9.90 Å². The molecule has 6 heteroatoms. The summed E-state index contributed by atoms with van der Waals surface area (Å²) in [7, 11) is 1.99. The Morgan fingerprint density at radius 2 is 1.89 bits per heavy atom. The van der Waals surface area contributed by atoms with Crippen molar-refractivity contribution >= 4 is 22.9 Å². The van der Waals surface area contributed by atoms with Crippen LogP contribution in [0.4, 0.5) is 5.95 Å². The molecule has 0 spiro atoms. The van der Waals surface area contributed by atoms with Gasteiger partial charge >= 0.3 is 0 Å². The Balaban J connectivity index is 1.51. The van der Waals surface area contributed by atoms with E-state index in [1.54, 1.807) is 0 Å². The lowest BCUT2D eigenvalue weighted by molar-refractivity contribution is 0.0930. The minimum atomic E-state index is -0.282. The van der Waals surface area contributed by atoms with Crippen molar-refractivity contribution < 1.29 is 9.90 Å². The van der Waals surface area contributed by atoms with Crippen LogP contribution in [0, 0.1) is 0 Å². The molecule has 4 rings (SSSR count). The number of aliphatic hydroxyl groups is 1. The van der Waals surface area contributed by atoms with Crippen molar-refractivity contribution in [2.75, 3.05) is 18.0 Å². The third-order valence-electron chi connectivity index (χ3n) is 6.01. The second kappa shape index (κ2) is 7.89. The van der Waals surface area contributed by atoms with Gasteiger partial charge in [0.2, 0.25) is 5.95 Å². The minimum absolute atomic E-state index is 0.00581. The van der Waals surface area contributed by atoms with Gasteiger partial charge in [0.15, 0.2) is 0 Å². The first-order valence-electron chi connectivity index (χ1n) is 10.3. The van der Waals surface area contributed by atoms with Crippen molar-refractivity contribution in [3.8, 4) is 0 Å². The maximum Gasteiger partial charge on any atom is 0.251 e. The van der Waals surface area contributed by atoms with Gasteiger partial charge in [-0.05, 0) is 37.5 Å². The van der Waals surface area contributed by atoms with Gasteiger partial charge in [0.05, 0.1) is 17.1 Å². The second-order valence-electron chi connectivity index (χ2n) is 8.08. The molecule has 2 N–H and O–H groups in total. The molecule has 6 nitrogen and oxygen atoms in total. The van der Waals surface area contributed by atoms with Crippen LogP contribution < -0.4 is 10.2 Å². The molecule has 1 saturated carbocycles. The molecule has 0 unspecified atom stereocenters. The molecule has 0 radical (unpaired) electrons. The van der Waals surface area contributed by atoms with Crippen LogP contribution >= 0.6 is 0 Å². The highest BCUT2D eigenvalue weighted by molar-refractivity contribution is 5.97. The van der Waals surface area contributed by atoms with Crippen molar-refractivity contribution in [1.82, 2.24) is 14.9 Å². The van der Waals surface area contributed by atoms with Crippen LogP contribution in [0.25, 0.3) is 11.0 Å². The Labute approximate surface area is 160 Å². The van der Waals surface area contributed by atoms with E-state index in [1.165, 1.54) is 32.1 Å². The minimum Gasteiger partial charge on any atom is -0.391 e. The number of aryl methyl sites for hydroxylation is 1. The van der Waals surface area contributed by atoms with Crippen LogP contribution in [-0.4, -0.2) is 45.8 Å². The maximum absolute atomic E-state index is 12.8. The summed E-state index contributed by atoms with van der Waals surface area (Å²) in [4.78, 5) is 19.6. The van der Waals surface area contributed by atoms with E-state index < -0.39 is 0 Å². The highest BCUT2D eigenvalue weighted by Crippen LogP contribution is 2.25. The second-order valence-corrected chi connectivity index (χ2v) is 8.08. The van der Waals surface area contributed by atoms with Gasteiger partial charge in [-0.2, -0.15) is 0 Å². The summed E-state index contributed by atoms with van der Waals surface area (Å²) >= 11 is 0. The molecular weight excluding hydrogens is 340 g/mol. The van der Waals surface area contributed by atoms with E-state index in [2.05, 4.69) is 10.2 Å². The number of aliphatic hydroxyl groups excluding tert-OH is 1. The first kappa shape index (κ1) is 18.3. The number of anilines is 1. The number of β-amino-alcohol motifs (C(OH)–C–C–N with tert-alkyl or cyclic N) is 1. The fourth-order valence-corrected chi connectivity index (χ4v) is 4.40. The van der Waals surface area contributed by atoms with Crippen LogP contribution in [0.5, 0.6) is 0 Å². The molecule has 1 amide bonds. The summed E-state index contributed by atoms with van der Waals surface area (Å²) in [6.45, 7) is 1.43. The molecule has 1 atom stereocenters. The summed E-state index contributed by atoms with van der Waals surface area (Å²) < 4.78 is 2.05. The van der Waals surface area contributed by atoms with Gasteiger partial charge < -0.3 is 19.9 Å². The molecule has 2 aromatic rings. The average molecular weight is 370 g/mol.